The maximum atomic E-state index is 12.1. The van der Waals surface area contributed by atoms with Gasteiger partial charge in [-0.25, -0.2) is 5.06 Å². The maximum Gasteiger partial charge on any atom is 0.306 e. The molecule has 0 saturated heterocycles. The number of hydrogen-bond donors (Lipinski definition) is 2. The highest BCUT2D eigenvalue weighted by atomic mass is 16.7. The van der Waals surface area contributed by atoms with Gasteiger partial charge in [-0.15, -0.1) is 0 Å². The first-order valence-corrected chi connectivity index (χ1v) is 8.95. The number of carbonyl (C=O) groups excluding carboxylic acids is 1. The molecular formula is C17H34N2O4. The number of carboxylic acid groups (broad SMARTS) is 1. The van der Waals surface area contributed by atoms with E-state index in [1.807, 2.05) is 0 Å². The number of unbranched alkanes of at least 4 members (excludes halogenated alkanes) is 8. The number of amides is 1. The van der Waals surface area contributed by atoms with Gasteiger partial charge in [-0.05, 0) is 13.3 Å². The van der Waals surface area contributed by atoms with Crippen LogP contribution in [0.2, 0.25) is 0 Å². The van der Waals surface area contributed by atoms with E-state index < -0.39 is 12.1 Å². The summed E-state index contributed by atoms with van der Waals surface area (Å²) >= 11 is 0. The fourth-order valence-electron chi connectivity index (χ4n) is 2.45. The van der Waals surface area contributed by atoms with Crippen molar-refractivity contribution < 1.29 is 19.5 Å². The second kappa shape index (κ2) is 14.5. The van der Waals surface area contributed by atoms with Crippen LogP contribution in [0.25, 0.3) is 0 Å². The molecule has 0 spiro atoms. The van der Waals surface area contributed by atoms with Crippen LogP contribution in [0, 0.1) is 0 Å². The van der Waals surface area contributed by atoms with Crippen molar-refractivity contribution in [3.63, 3.8) is 0 Å². The number of carboxylic acids is 1. The van der Waals surface area contributed by atoms with E-state index in [4.69, 9.17) is 15.7 Å². The second-order valence-electron chi connectivity index (χ2n) is 5.88. The summed E-state index contributed by atoms with van der Waals surface area (Å²) in [7, 11) is 0. The van der Waals surface area contributed by atoms with Gasteiger partial charge < -0.3 is 10.8 Å². The van der Waals surface area contributed by atoms with Crippen molar-refractivity contribution in [1.29, 1.82) is 0 Å². The standard InChI is InChI=1S/C17H34N2O4/c1-3-5-6-7-8-9-10-11-12-13-16(20)19(23-4-2)15(18)14-17(21)22/h15H,3-14,18H2,1-2H3,(H,21,22). The average Bonchev–Trinajstić information content (AvgIpc) is 2.50. The van der Waals surface area contributed by atoms with Crippen molar-refractivity contribution >= 4 is 11.9 Å². The maximum absolute atomic E-state index is 12.1. The van der Waals surface area contributed by atoms with Gasteiger partial charge in [0.25, 0.3) is 0 Å². The summed E-state index contributed by atoms with van der Waals surface area (Å²) in [5.74, 6) is -1.28. The Kier molecular flexibility index (Phi) is 13.7. The van der Waals surface area contributed by atoms with Crippen molar-refractivity contribution in [3.8, 4) is 0 Å². The Bertz CT molecular complexity index is 324. The van der Waals surface area contributed by atoms with E-state index >= 15 is 0 Å². The van der Waals surface area contributed by atoms with Gasteiger partial charge in [0, 0.05) is 6.42 Å². The van der Waals surface area contributed by atoms with Gasteiger partial charge >= 0.3 is 5.97 Å². The van der Waals surface area contributed by atoms with E-state index in [2.05, 4.69) is 6.92 Å². The van der Waals surface area contributed by atoms with Crippen LogP contribution in [0.3, 0.4) is 0 Å². The molecule has 0 aliphatic carbocycles. The summed E-state index contributed by atoms with van der Waals surface area (Å²) in [5.41, 5.74) is 5.71. The normalized spacial score (nSPS) is 12.1. The Balaban J connectivity index is 3.84. The summed E-state index contributed by atoms with van der Waals surface area (Å²) in [4.78, 5) is 28.0. The van der Waals surface area contributed by atoms with Gasteiger partial charge in [-0.1, -0.05) is 58.3 Å². The third-order valence-electron chi connectivity index (χ3n) is 3.69. The topological polar surface area (TPSA) is 92.9 Å². The molecule has 0 radical (unpaired) electrons. The average molecular weight is 330 g/mol. The van der Waals surface area contributed by atoms with Gasteiger partial charge in [0.2, 0.25) is 5.91 Å². The van der Waals surface area contributed by atoms with Crippen LogP contribution in [0.15, 0.2) is 0 Å². The van der Waals surface area contributed by atoms with Crippen molar-refractivity contribution in [2.24, 2.45) is 5.73 Å². The van der Waals surface area contributed by atoms with E-state index in [1.165, 1.54) is 38.5 Å². The number of nitrogens with two attached hydrogens (primary N) is 1. The van der Waals surface area contributed by atoms with Crippen LogP contribution in [0.5, 0.6) is 0 Å². The van der Waals surface area contributed by atoms with E-state index in [9.17, 15) is 9.59 Å². The van der Waals surface area contributed by atoms with Gasteiger partial charge in [-0.2, -0.15) is 0 Å². The molecule has 1 atom stereocenters. The monoisotopic (exact) mass is 330 g/mol. The van der Waals surface area contributed by atoms with Crippen LogP contribution in [0.4, 0.5) is 0 Å². The lowest BCUT2D eigenvalue weighted by atomic mass is 10.1. The van der Waals surface area contributed by atoms with Crippen LogP contribution in [-0.2, 0) is 14.4 Å². The van der Waals surface area contributed by atoms with Gasteiger partial charge in [0.15, 0.2) is 0 Å². The SMILES string of the molecule is CCCCCCCCCCCC(=O)N(OCC)C(N)CC(=O)O. The molecular weight excluding hydrogens is 296 g/mol. The predicted molar refractivity (Wildman–Crippen MR) is 90.5 cm³/mol. The molecule has 1 unspecified atom stereocenters. The summed E-state index contributed by atoms with van der Waals surface area (Å²) in [6.07, 6.45) is 9.72. The van der Waals surface area contributed by atoms with Crippen molar-refractivity contribution in [2.45, 2.75) is 90.6 Å². The number of carbonyl (C=O) groups is 2. The van der Waals surface area contributed by atoms with Gasteiger partial charge in [0.1, 0.15) is 6.17 Å². The largest absolute Gasteiger partial charge is 0.481 e. The Morgan fingerprint density at radius 2 is 1.52 bits per heavy atom. The lowest BCUT2D eigenvalue weighted by Gasteiger charge is -2.26. The number of rotatable bonds is 15. The Morgan fingerprint density at radius 3 is 2.00 bits per heavy atom. The first-order chi connectivity index (χ1) is 11.0. The molecule has 6 nitrogen and oxygen atoms in total. The highest BCUT2D eigenvalue weighted by Crippen LogP contribution is 2.12. The third-order valence-corrected chi connectivity index (χ3v) is 3.69. The first kappa shape index (κ1) is 21.9. The second-order valence-corrected chi connectivity index (χ2v) is 5.88. The molecule has 0 aliphatic heterocycles. The number of aliphatic carboxylic acids is 1. The fourth-order valence-corrected chi connectivity index (χ4v) is 2.45. The molecule has 0 aromatic heterocycles. The van der Waals surface area contributed by atoms with E-state index in [0.717, 1.165) is 24.3 Å². The van der Waals surface area contributed by atoms with Crippen LogP contribution < -0.4 is 5.73 Å². The van der Waals surface area contributed by atoms with Crippen LogP contribution in [0.1, 0.15) is 84.5 Å². The first-order valence-electron chi connectivity index (χ1n) is 8.95. The summed E-state index contributed by atoms with van der Waals surface area (Å²) in [5, 5.41) is 9.79. The molecule has 0 heterocycles. The highest BCUT2D eigenvalue weighted by Gasteiger charge is 2.23. The molecule has 0 rings (SSSR count). The Labute approximate surface area is 140 Å². The molecule has 0 fully saturated rings. The third kappa shape index (κ3) is 12.0. The summed E-state index contributed by atoms with van der Waals surface area (Å²) in [6, 6.07) is 0. The Hall–Kier alpha value is -1.14. The van der Waals surface area contributed by atoms with Crippen molar-refractivity contribution in [1.82, 2.24) is 5.06 Å². The molecule has 136 valence electrons. The zero-order valence-electron chi connectivity index (χ0n) is 14.8. The van der Waals surface area contributed by atoms with E-state index in [-0.39, 0.29) is 18.9 Å². The molecule has 0 bridgehead atoms. The van der Waals surface area contributed by atoms with Crippen LogP contribution >= 0.6 is 0 Å². The van der Waals surface area contributed by atoms with E-state index in [1.54, 1.807) is 6.92 Å². The smallest absolute Gasteiger partial charge is 0.306 e. The molecule has 3 N–H and O–H groups in total. The molecule has 1 amide bonds. The number of nitrogens with zero attached hydrogens (tertiary/aromatic N) is 1. The van der Waals surface area contributed by atoms with Crippen molar-refractivity contribution in [2.75, 3.05) is 6.61 Å². The molecule has 0 aromatic rings. The van der Waals surface area contributed by atoms with Crippen molar-refractivity contribution in [3.05, 3.63) is 0 Å². The molecule has 0 saturated carbocycles. The van der Waals surface area contributed by atoms with E-state index in [0.29, 0.717) is 6.42 Å². The summed E-state index contributed by atoms with van der Waals surface area (Å²) < 4.78 is 0. The quantitative estimate of drug-likeness (QED) is 0.272. The fraction of sp³-hybridized carbons (Fsp3) is 0.882. The number of hydrogen-bond acceptors (Lipinski definition) is 4. The number of hydroxylamine groups is 2. The van der Waals surface area contributed by atoms with Gasteiger partial charge in [-0.3, -0.25) is 14.4 Å². The molecule has 0 aromatic carbocycles. The van der Waals surface area contributed by atoms with Gasteiger partial charge in [0.05, 0.1) is 13.0 Å². The minimum atomic E-state index is -1.04. The zero-order valence-corrected chi connectivity index (χ0v) is 14.8. The lowest BCUT2D eigenvalue weighted by molar-refractivity contribution is -0.200. The lowest BCUT2D eigenvalue weighted by Crippen LogP contribution is -2.46. The molecule has 0 aliphatic rings. The van der Waals surface area contributed by atoms with Crippen LogP contribution in [-0.4, -0.2) is 34.8 Å². The highest BCUT2D eigenvalue weighted by molar-refractivity contribution is 5.76. The minimum absolute atomic E-state index is 0.233. The molecule has 6 heteroatoms. The summed E-state index contributed by atoms with van der Waals surface area (Å²) in [6.45, 7) is 4.24. The minimum Gasteiger partial charge on any atom is -0.481 e. The zero-order chi connectivity index (χ0) is 17.5. The Morgan fingerprint density at radius 1 is 1.00 bits per heavy atom. The molecule has 23 heavy (non-hydrogen) atoms. The predicted octanol–water partition coefficient (Wildman–Crippen LogP) is 3.45.